The van der Waals surface area contributed by atoms with Crippen LogP contribution in [0.5, 0.6) is 0 Å². The Bertz CT molecular complexity index is 441. The molecule has 0 unspecified atom stereocenters. The van der Waals surface area contributed by atoms with E-state index in [-0.39, 0.29) is 0 Å². The van der Waals surface area contributed by atoms with Crippen LogP contribution in [0.15, 0.2) is 18.3 Å². The van der Waals surface area contributed by atoms with Gasteiger partial charge in [-0.05, 0) is 31.4 Å². The number of hydrogen-bond donors (Lipinski definition) is 0. The molecule has 2 heterocycles. The van der Waals surface area contributed by atoms with Crippen molar-refractivity contribution < 1.29 is 4.74 Å². The van der Waals surface area contributed by atoms with E-state index >= 15 is 0 Å². The van der Waals surface area contributed by atoms with Crippen molar-refractivity contribution >= 4 is 5.82 Å². The van der Waals surface area contributed by atoms with Crippen molar-refractivity contribution in [2.24, 2.45) is 5.92 Å². The SMILES string of the molecule is N#Cc1ccc(N(C[C@H]2CCOC2)C2CC2)nc1. The van der Waals surface area contributed by atoms with Crippen LogP contribution in [0.4, 0.5) is 5.82 Å². The molecule has 2 fully saturated rings. The Morgan fingerprint density at radius 1 is 1.39 bits per heavy atom. The molecule has 4 nitrogen and oxygen atoms in total. The zero-order valence-corrected chi connectivity index (χ0v) is 10.4. The fourth-order valence-electron chi connectivity index (χ4n) is 2.44. The topological polar surface area (TPSA) is 49.2 Å². The van der Waals surface area contributed by atoms with Crippen molar-refractivity contribution in [2.75, 3.05) is 24.7 Å². The first-order chi connectivity index (χ1) is 8.86. The van der Waals surface area contributed by atoms with Crippen LogP contribution in [-0.4, -0.2) is 30.8 Å². The highest BCUT2D eigenvalue weighted by Gasteiger charge is 2.32. The first-order valence-electron chi connectivity index (χ1n) is 6.57. The first-order valence-corrected chi connectivity index (χ1v) is 6.57. The minimum atomic E-state index is 0.624. The summed E-state index contributed by atoms with van der Waals surface area (Å²) < 4.78 is 5.44. The number of rotatable bonds is 4. The van der Waals surface area contributed by atoms with Crippen LogP contribution in [-0.2, 0) is 4.74 Å². The summed E-state index contributed by atoms with van der Waals surface area (Å²) in [6, 6.07) is 6.57. The van der Waals surface area contributed by atoms with E-state index in [4.69, 9.17) is 10.00 Å². The van der Waals surface area contributed by atoms with Crippen LogP contribution in [0.1, 0.15) is 24.8 Å². The molecule has 0 radical (unpaired) electrons. The van der Waals surface area contributed by atoms with Crippen molar-refractivity contribution in [3.63, 3.8) is 0 Å². The Hall–Kier alpha value is -1.60. The van der Waals surface area contributed by atoms with E-state index in [0.717, 1.165) is 32.0 Å². The molecule has 1 aliphatic carbocycles. The van der Waals surface area contributed by atoms with Crippen LogP contribution in [0.3, 0.4) is 0 Å². The summed E-state index contributed by atoms with van der Waals surface area (Å²) in [5.74, 6) is 1.63. The number of aromatic nitrogens is 1. The maximum atomic E-state index is 8.80. The van der Waals surface area contributed by atoms with Gasteiger partial charge in [0.1, 0.15) is 11.9 Å². The Kier molecular flexibility index (Phi) is 3.16. The lowest BCUT2D eigenvalue weighted by Gasteiger charge is -2.26. The van der Waals surface area contributed by atoms with E-state index in [2.05, 4.69) is 16.0 Å². The lowest BCUT2D eigenvalue weighted by Crippen LogP contribution is -2.32. The van der Waals surface area contributed by atoms with Crippen LogP contribution >= 0.6 is 0 Å². The van der Waals surface area contributed by atoms with Crippen LogP contribution < -0.4 is 4.90 Å². The second-order valence-electron chi connectivity index (χ2n) is 5.13. The Morgan fingerprint density at radius 3 is 2.83 bits per heavy atom. The third-order valence-electron chi connectivity index (χ3n) is 3.64. The average molecular weight is 243 g/mol. The molecule has 0 N–H and O–H groups in total. The molecule has 1 aromatic heterocycles. The summed E-state index contributed by atoms with van der Waals surface area (Å²) >= 11 is 0. The molecule has 94 valence electrons. The van der Waals surface area contributed by atoms with E-state index in [9.17, 15) is 0 Å². The lowest BCUT2D eigenvalue weighted by atomic mass is 10.1. The molecule has 0 bridgehead atoms. The summed E-state index contributed by atoms with van der Waals surface area (Å²) in [7, 11) is 0. The largest absolute Gasteiger partial charge is 0.381 e. The monoisotopic (exact) mass is 243 g/mol. The van der Waals surface area contributed by atoms with Gasteiger partial charge in [0.2, 0.25) is 0 Å². The van der Waals surface area contributed by atoms with Gasteiger partial charge in [-0.15, -0.1) is 0 Å². The van der Waals surface area contributed by atoms with Crippen molar-refractivity contribution in [3.05, 3.63) is 23.9 Å². The zero-order valence-electron chi connectivity index (χ0n) is 10.4. The Labute approximate surface area is 107 Å². The van der Waals surface area contributed by atoms with Gasteiger partial charge in [0, 0.05) is 31.3 Å². The van der Waals surface area contributed by atoms with Gasteiger partial charge in [-0.25, -0.2) is 4.98 Å². The van der Waals surface area contributed by atoms with Gasteiger partial charge in [-0.3, -0.25) is 0 Å². The molecule has 1 aromatic rings. The minimum absolute atomic E-state index is 0.624. The molecule has 1 saturated carbocycles. The highest BCUT2D eigenvalue weighted by atomic mass is 16.5. The average Bonchev–Trinajstić information content (AvgIpc) is 3.13. The Balaban J connectivity index is 1.73. The molecule has 3 rings (SSSR count). The minimum Gasteiger partial charge on any atom is -0.381 e. The number of pyridine rings is 1. The standard InChI is InChI=1S/C14H17N3O/c15-7-11-1-4-14(16-8-11)17(13-2-3-13)9-12-5-6-18-10-12/h1,4,8,12-13H,2-3,5-6,9-10H2/t12-/m1/s1. The van der Waals surface area contributed by atoms with Gasteiger partial charge in [-0.2, -0.15) is 5.26 Å². The molecule has 4 heteroatoms. The molecular formula is C14H17N3O. The molecule has 1 atom stereocenters. The smallest absolute Gasteiger partial charge is 0.128 e. The van der Waals surface area contributed by atoms with Gasteiger partial charge in [0.05, 0.1) is 12.2 Å². The number of ether oxygens (including phenoxy) is 1. The van der Waals surface area contributed by atoms with E-state index in [0.29, 0.717) is 17.5 Å². The number of nitriles is 1. The quantitative estimate of drug-likeness (QED) is 0.811. The van der Waals surface area contributed by atoms with Gasteiger partial charge in [0.15, 0.2) is 0 Å². The molecule has 0 aromatic carbocycles. The van der Waals surface area contributed by atoms with Crippen molar-refractivity contribution in [1.29, 1.82) is 5.26 Å². The van der Waals surface area contributed by atoms with E-state index in [1.165, 1.54) is 12.8 Å². The summed E-state index contributed by atoms with van der Waals surface area (Å²) in [6.07, 6.45) is 5.33. The maximum Gasteiger partial charge on any atom is 0.128 e. The number of hydrogen-bond acceptors (Lipinski definition) is 4. The Morgan fingerprint density at radius 2 is 2.28 bits per heavy atom. The lowest BCUT2D eigenvalue weighted by molar-refractivity contribution is 0.186. The van der Waals surface area contributed by atoms with Crippen LogP contribution in [0, 0.1) is 17.2 Å². The maximum absolute atomic E-state index is 8.80. The fraction of sp³-hybridized carbons (Fsp3) is 0.571. The number of anilines is 1. The highest BCUT2D eigenvalue weighted by Crippen LogP contribution is 2.32. The van der Waals surface area contributed by atoms with E-state index in [1.807, 2.05) is 12.1 Å². The summed E-state index contributed by atoms with van der Waals surface area (Å²) in [4.78, 5) is 6.81. The molecule has 1 aliphatic heterocycles. The first kappa shape index (κ1) is 11.5. The van der Waals surface area contributed by atoms with Gasteiger partial charge in [0.25, 0.3) is 0 Å². The summed E-state index contributed by atoms with van der Waals surface area (Å²) in [5.41, 5.74) is 0.624. The summed E-state index contributed by atoms with van der Waals surface area (Å²) in [5, 5.41) is 8.80. The van der Waals surface area contributed by atoms with Gasteiger partial charge < -0.3 is 9.64 Å². The molecule has 18 heavy (non-hydrogen) atoms. The third kappa shape index (κ3) is 2.46. The normalized spacial score (nSPS) is 22.7. The van der Waals surface area contributed by atoms with Crippen LogP contribution in [0.2, 0.25) is 0 Å². The van der Waals surface area contributed by atoms with Crippen molar-refractivity contribution in [2.45, 2.75) is 25.3 Å². The molecule has 1 saturated heterocycles. The van der Waals surface area contributed by atoms with Crippen LogP contribution in [0.25, 0.3) is 0 Å². The zero-order chi connectivity index (χ0) is 12.4. The second kappa shape index (κ2) is 4.95. The van der Waals surface area contributed by atoms with Crippen molar-refractivity contribution in [1.82, 2.24) is 4.98 Å². The predicted octanol–water partition coefficient (Wildman–Crippen LogP) is 1.96. The predicted molar refractivity (Wildman–Crippen MR) is 68.2 cm³/mol. The molecule has 0 spiro atoms. The van der Waals surface area contributed by atoms with E-state index in [1.54, 1.807) is 6.20 Å². The molecule has 2 aliphatic rings. The highest BCUT2D eigenvalue weighted by molar-refractivity contribution is 5.44. The van der Waals surface area contributed by atoms with Gasteiger partial charge >= 0.3 is 0 Å². The van der Waals surface area contributed by atoms with Gasteiger partial charge in [-0.1, -0.05) is 0 Å². The van der Waals surface area contributed by atoms with Crippen molar-refractivity contribution in [3.8, 4) is 6.07 Å². The second-order valence-corrected chi connectivity index (χ2v) is 5.13. The third-order valence-corrected chi connectivity index (χ3v) is 3.64. The summed E-state index contributed by atoms with van der Waals surface area (Å²) in [6.45, 7) is 2.80. The molecule has 0 amide bonds. The molecular weight excluding hydrogens is 226 g/mol. The van der Waals surface area contributed by atoms with E-state index < -0.39 is 0 Å². The fourth-order valence-corrected chi connectivity index (χ4v) is 2.44. The number of nitrogens with zero attached hydrogens (tertiary/aromatic N) is 3.